The van der Waals surface area contributed by atoms with E-state index in [1.807, 2.05) is 0 Å². The van der Waals surface area contributed by atoms with E-state index in [9.17, 15) is 14.4 Å². The third kappa shape index (κ3) is 6.66. The summed E-state index contributed by atoms with van der Waals surface area (Å²) in [6, 6.07) is 18.3. The van der Waals surface area contributed by atoms with Crippen molar-refractivity contribution in [3.63, 3.8) is 0 Å². The second-order valence-electron chi connectivity index (χ2n) is 7.85. The van der Waals surface area contributed by atoms with E-state index >= 15 is 0 Å². The highest BCUT2D eigenvalue weighted by Gasteiger charge is 2.18. The van der Waals surface area contributed by atoms with E-state index in [1.54, 1.807) is 66.7 Å². The lowest BCUT2D eigenvalue weighted by Crippen LogP contribution is -2.49. The molecule has 0 fully saturated rings. The second-order valence-corrected chi connectivity index (χ2v) is 9.63. The van der Waals surface area contributed by atoms with Gasteiger partial charge in [0.25, 0.3) is 11.5 Å². The van der Waals surface area contributed by atoms with Crippen LogP contribution in [-0.4, -0.2) is 46.5 Å². The number of carbonyl (C=O) groups excluding carboxylic acids is 2. The molecule has 39 heavy (non-hydrogen) atoms. The number of nitrogens with zero attached hydrogens (tertiary/aromatic N) is 2. The predicted molar refractivity (Wildman–Crippen MR) is 154 cm³/mol. The molecule has 0 aliphatic rings. The van der Waals surface area contributed by atoms with Crippen LogP contribution in [0.4, 0.5) is 0 Å². The van der Waals surface area contributed by atoms with Gasteiger partial charge >= 0.3 is 0 Å². The number of fused-ring (bicyclic) bond motifs is 1. The van der Waals surface area contributed by atoms with Gasteiger partial charge in [-0.2, -0.15) is 0 Å². The Morgan fingerprint density at radius 2 is 1.67 bits per heavy atom. The molecular weight excluding hydrogens is 562 g/mol. The second kappa shape index (κ2) is 12.6. The number of thioether (sulfide) groups is 1. The molecule has 0 aliphatic carbocycles. The van der Waals surface area contributed by atoms with Gasteiger partial charge in [-0.05, 0) is 54.7 Å². The minimum atomic E-state index is -0.472. The van der Waals surface area contributed by atoms with Crippen LogP contribution in [0.1, 0.15) is 10.4 Å². The maximum atomic E-state index is 13.6. The Bertz CT molecular complexity index is 1600. The van der Waals surface area contributed by atoms with Crippen LogP contribution in [-0.2, 0) is 4.79 Å². The number of amides is 2. The third-order valence-electron chi connectivity index (χ3n) is 5.34. The molecule has 0 unspecified atom stereocenters. The highest BCUT2D eigenvalue weighted by molar-refractivity contribution is 7.99. The van der Waals surface area contributed by atoms with Gasteiger partial charge in [0.2, 0.25) is 5.91 Å². The van der Waals surface area contributed by atoms with Crippen molar-refractivity contribution in [3.8, 4) is 17.2 Å². The Balaban J connectivity index is 1.53. The number of carbonyl (C=O) groups is 2. The van der Waals surface area contributed by atoms with Gasteiger partial charge in [-0.25, -0.2) is 4.98 Å². The molecule has 0 radical (unpaired) electrons. The van der Waals surface area contributed by atoms with Gasteiger partial charge in [0.15, 0.2) is 21.8 Å². The van der Waals surface area contributed by atoms with Crippen molar-refractivity contribution < 1.29 is 19.1 Å². The van der Waals surface area contributed by atoms with E-state index in [4.69, 9.17) is 33.3 Å². The summed E-state index contributed by atoms with van der Waals surface area (Å²) in [5, 5.41) is 3.47. The SMILES string of the molecule is COc1cc2nc(SCC(=O)NNC(=S)NC(=O)c3ccccc3)n(-c3ccc(Cl)cc3)c(=O)c2cc1OC. The Morgan fingerprint density at radius 3 is 2.33 bits per heavy atom. The molecule has 13 heteroatoms. The average Bonchev–Trinajstić information content (AvgIpc) is 2.95. The first-order valence-corrected chi connectivity index (χ1v) is 13.1. The van der Waals surface area contributed by atoms with Gasteiger partial charge < -0.3 is 9.47 Å². The van der Waals surface area contributed by atoms with Gasteiger partial charge in [-0.1, -0.05) is 41.6 Å². The van der Waals surface area contributed by atoms with Crippen LogP contribution in [0.2, 0.25) is 5.02 Å². The van der Waals surface area contributed by atoms with Gasteiger partial charge in [0.05, 0.1) is 36.6 Å². The number of methoxy groups -OCH3 is 2. The van der Waals surface area contributed by atoms with Gasteiger partial charge in [0.1, 0.15) is 0 Å². The zero-order chi connectivity index (χ0) is 27.9. The number of halogens is 1. The summed E-state index contributed by atoms with van der Waals surface area (Å²) in [5.41, 5.74) is 5.85. The highest BCUT2D eigenvalue weighted by Crippen LogP contribution is 2.31. The summed E-state index contributed by atoms with van der Waals surface area (Å²) < 4.78 is 12.1. The van der Waals surface area contributed by atoms with Crippen molar-refractivity contribution in [2.24, 2.45) is 0 Å². The molecule has 4 rings (SSSR count). The van der Waals surface area contributed by atoms with Crippen LogP contribution >= 0.6 is 35.6 Å². The maximum absolute atomic E-state index is 13.6. The Morgan fingerprint density at radius 1 is 1.00 bits per heavy atom. The number of hydrogen-bond donors (Lipinski definition) is 3. The first kappa shape index (κ1) is 27.9. The number of ether oxygens (including phenoxy) is 2. The first-order valence-electron chi connectivity index (χ1n) is 11.3. The largest absolute Gasteiger partial charge is 0.493 e. The minimum Gasteiger partial charge on any atom is -0.493 e. The van der Waals surface area contributed by atoms with Gasteiger partial charge in [0, 0.05) is 16.7 Å². The van der Waals surface area contributed by atoms with Crippen molar-refractivity contribution in [2.45, 2.75) is 5.16 Å². The normalized spacial score (nSPS) is 10.5. The molecular formula is C26H22ClN5O5S2. The molecule has 10 nitrogen and oxygen atoms in total. The van der Waals surface area contributed by atoms with E-state index in [1.165, 1.54) is 18.8 Å². The molecule has 3 N–H and O–H groups in total. The molecule has 0 atom stereocenters. The number of hydrazine groups is 1. The van der Waals surface area contributed by atoms with Gasteiger partial charge in [-0.3, -0.25) is 35.1 Å². The van der Waals surface area contributed by atoms with Crippen LogP contribution in [0.5, 0.6) is 11.5 Å². The number of aromatic nitrogens is 2. The summed E-state index contributed by atoms with van der Waals surface area (Å²) in [6.07, 6.45) is 0. The van der Waals surface area contributed by atoms with Gasteiger partial charge in [-0.15, -0.1) is 0 Å². The third-order valence-corrected chi connectivity index (χ3v) is 6.73. The van der Waals surface area contributed by atoms with Crippen molar-refractivity contribution >= 4 is 63.4 Å². The minimum absolute atomic E-state index is 0.0786. The molecule has 1 heterocycles. The highest BCUT2D eigenvalue weighted by atomic mass is 35.5. The predicted octanol–water partition coefficient (Wildman–Crippen LogP) is 3.48. The number of rotatable bonds is 7. The van der Waals surface area contributed by atoms with E-state index in [2.05, 4.69) is 21.2 Å². The maximum Gasteiger partial charge on any atom is 0.266 e. The van der Waals surface area contributed by atoms with Crippen LogP contribution in [0.3, 0.4) is 0 Å². The molecule has 200 valence electrons. The summed E-state index contributed by atoms with van der Waals surface area (Å²) in [5.74, 6) is -0.226. The fourth-order valence-corrected chi connectivity index (χ4v) is 4.58. The zero-order valence-corrected chi connectivity index (χ0v) is 23.1. The number of nitrogens with one attached hydrogen (secondary N) is 3. The quantitative estimate of drug-likeness (QED) is 0.130. The van der Waals surface area contributed by atoms with Crippen LogP contribution in [0.15, 0.2) is 76.7 Å². The Labute approximate surface area is 237 Å². The number of hydrogen-bond acceptors (Lipinski definition) is 8. The van der Waals surface area contributed by atoms with Crippen molar-refractivity contribution in [1.29, 1.82) is 0 Å². The Kier molecular flexibility index (Phi) is 9.02. The molecule has 0 spiro atoms. The lowest BCUT2D eigenvalue weighted by molar-refractivity contribution is -0.119. The van der Waals surface area contributed by atoms with E-state index in [-0.39, 0.29) is 21.6 Å². The smallest absolute Gasteiger partial charge is 0.266 e. The van der Waals surface area contributed by atoms with E-state index in [0.717, 1.165) is 11.8 Å². The lowest BCUT2D eigenvalue weighted by atomic mass is 10.2. The fourth-order valence-electron chi connectivity index (χ4n) is 3.50. The topological polar surface area (TPSA) is 124 Å². The van der Waals surface area contributed by atoms with Crippen LogP contribution in [0, 0.1) is 0 Å². The zero-order valence-electron chi connectivity index (χ0n) is 20.7. The average molecular weight is 584 g/mol. The summed E-state index contributed by atoms with van der Waals surface area (Å²) in [4.78, 5) is 43.0. The molecule has 0 aliphatic heterocycles. The summed E-state index contributed by atoms with van der Waals surface area (Å²) in [7, 11) is 2.96. The number of thiocarbonyl (C=S) groups is 1. The lowest BCUT2D eigenvalue weighted by Gasteiger charge is -2.15. The summed E-state index contributed by atoms with van der Waals surface area (Å²) in [6.45, 7) is 0. The summed E-state index contributed by atoms with van der Waals surface area (Å²) >= 11 is 12.2. The van der Waals surface area contributed by atoms with E-state index < -0.39 is 11.8 Å². The first-order chi connectivity index (χ1) is 18.8. The van der Waals surface area contributed by atoms with Crippen LogP contribution < -0.4 is 31.2 Å². The molecule has 1 aromatic heterocycles. The van der Waals surface area contributed by atoms with E-state index in [0.29, 0.717) is 38.7 Å². The molecule has 3 aromatic carbocycles. The monoisotopic (exact) mass is 583 g/mol. The molecule has 4 aromatic rings. The van der Waals surface area contributed by atoms with Crippen molar-refractivity contribution in [1.82, 2.24) is 25.7 Å². The standard InChI is InChI=1S/C26H22ClN5O5S2/c1-36-20-12-18-19(13-21(20)37-2)28-26(32(24(18)35)17-10-8-16(27)9-11-17)39-14-22(33)30-31-25(38)29-23(34)15-6-4-3-5-7-15/h3-13H,14H2,1-2H3,(H,30,33)(H2,29,31,34,38). The molecule has 2 amide bonds. The van der Waals surface area contributed by atoms with Crippen LogP contribution in [0.25, 0.3) is 16.6 Å². The number of benzene rings is 3. The Hall–Kier alpha value is -4.13. The van der Waals surface area contributed by atoms with Crippen molar-refractivity contribution in [3.05, 3.63) is 87.7 Å². The molecule has 0 saturated heterocycles. The fraction of sp³-hybridized carbons (Fsp3) is 0.115. The molecule has 0 saturated carbocycles. The molecule has 0 bridgehead atoms. The van der Waals surface area contributed by atoms with Crippen molar-refractivity contribution in [2.75, 3.05) is 20.0 Å².